The van der Waals surface area contributed by atoms with Crippen LogP contribution in [0.2, 0.25) is 0 Å². The van der Waals surface area contributed by atoms with E-state index in [4.69, 9.17) is 0 Å². The van der Waals surface area contributed by atoms with Gasteiger partial charge in [0.05, 0.1) is 0 Å². The lowest BCUT2D eigenvalue weighted by Gasteiger charge is -2.27. The third-order valence-electron chi connectivity index (χ3n) is 3.32. The highest BCUT2D eigenvalue weighted by atomic mass is 19.3. The smallest absolute Gasteiger partial charge is 0.387 e. The molecule has 1 amide bonds. The van der Waals surface area contributed by atoms with Gasteiger partial charge in [-0.2, -0.15) is 8.78 Å². The molecule has 2 atom stereocenters. The molecule has 1 aliphatic heterocycles. The predicted octanol–water partition coefficient (Wildman–Crippen LogP) is 2.61. The number of nitrogens with one attached hydrogen (secondary N) is 2. The fraction of sp³-hybridized carbons (Fsp3) is 0.500. The van der Waals surface area contributed by atoms with Crippen LogP contribution in [0.25, 0.3) is 0 Å². The van der Waals surface area contributed by atoms with E-state index < -0.39 is 6.61 Å². The zero-order valence-corrected chi connectivity index (χ0v) is 11.2. The van der Waals surface area contributed by atoms with Crippen molar-refractivity contribution in [1.82, 2.24) is 5.32 Å². The van der Waals surface area contributed by atoms with E-state index in [9.17, 15) is 13.6 Å². The van der Waals surface area contributed by atoms with Gasteiger partial charge in [0.25, 0.3) is 0 Å². The summed E-state index contributed by atoms with van der Waals surface area (Å²) in [6.45, 7) is -0.0177. The number of rotatable bonds is 4. The minimum Gasteiger partial charge on any atom is -0.435 e. The lowest BCUT2D eigenvalue weighted by molar-refractivity contribution is -0.120. The van der Waals surface area contributed by atoms with Gasteiger partial charge in [0.1, 0.15) is 5.75 Å². The van der Waals surface area contributed by atoms with Gasteiger partial charge in [-0.1, -0.05) is 6.07 Å². The van der Waals surface area contributed by atoms with Crippen LogP contribution in [0.5, 0.6) is 5.75 Å². The van der Waals surface area contributed by atoms with Crippen LogP contribution >= 0.6 is 0 Å². The first kappa shape index (κ1) is 14.7. The Morgan fingerprint density at radius 1 is 1.50 bits per heavy atom. The lowest BCUT2D eigenvalue weighted by Crippen LogP contribution is -2.40. The number of piperidine rings is 1. The number of carbonyl (C=O) groups excluding carboxylic acids is 1. The zero-order chi connectivity index (χ0) is 14.5. The first-order valence-electron chi connectivity index (χ1n) is 6.63. The summed E-state index contributed by atoms with van der Waals surface area (Å²) >= 11 is 0. The molecule has 110 valence electrons. The van der Waals surface area contributed by atoms with E-state index in [2.05, 4.69) is 15.4 Å². The third kappa shape index (κ3) is 4.16. The van der Waals surface area contributed by atoms with Gasteiger partial charge in [0, 0.05) is 23.7 Å². The molecule has 1 heterocycles. The Morgan fingerprint density at radius 2 is 2.30 bits per heavy atom. The second-order valence-corrected chi connectivity index (χ2v) is 4.97. The van der Waals surface area contributed by atoms with Crippen molar-refractivity contribution >= 4 is 11.6 Å². The molecule has 2 rings (SSSR count). The Labute approximate surface area is 116 Å². The van der Waals surface area contributed by atoms with Crippen LogP contribution in [-0.4, -0.2) is 25.1 Å². The zero-order valence-electron chi connectivity index (χ0n) is 11.2. The van der Waals surface area contributed by atoms with Crippen molar-refractivity contribution in [2.24, 2.45) is 5.92 Å². The molecule has 0 bridgehead atoms. The molecule has 1 fully saturated rings. The predicted molar refractivity (Wildman–Crippen MR) is 71.9 cm³/mol. The maximum absolute atomic E-state index is 12.1. The fourth-order valence-corrected chi connectivity index (χ4v) is 2.36. The molecule has 20 heavy (non-hydrogen) atoms. The number of halogens is 2. The van der Waals surface area contributed by atoms with Gasteiger partial charge in [0.2, 0.25) is 5.91 Å². The molecule has 4 nitrogen and oxygen atoms in total. The largest absolute Gasteiger partial charge is 0.435 e. The summed E-state index contributed by atoms with van der Waals surface area (Å²) in [5.41, 5.74) is 0.472. The Morgan fingerprint density at radius 3 is 3.00 bits per heavy atom. The fourth-order valence-electron chi connectivity index (χ4n) is 2.36. The molecular formula is C14H18F2N2O2. The SMILES string of the molecule is CC1CC(C(=O)Nc2cccc(OC(F)F)c2)CCN1. The van der Waals surface area contributed by atoms with Crippen molar-refractivity contribution < 1.29 is 18.3 Å². The van der Waals surface area contributed by atoms with Gasteiger partial charge < -0.3 is 15.4 Å². The summed E-state index contributed by atoms with van der Waals surface area (Å²) in [6.07, 6.45) is 1.56. The molecule has 1 saturated heterocycles. The number of hydrogen-bond donors (Lipinski definition) is 2. The summed E-state index contributed by atoms with van der Waals surface area (Å²) in [7, 11) is 0. The van der Waals surface area contributed by atoms with Crippen LogP contribution < -0.4 is 15.4 Å². The highest BCUT2D eigenvalue weighted by Crippen LogP contribution is 2.22. The standard InChI is InChI=1S/C14H18F2N2O2/c1-9-7-10(5-6-17-9)13(19)18-11-3-2-4-12(8-11)20-14(15)16/h2-4,8-10,14,17H,5-7H2,1H3,(H,18,19). The Balaban J connectivity index is 1.96. The third-order valence-corrected chi connectivity index (χ3v) is 3.32. The highest BCUT2D eigenvalue weighted by Gasteiger charge is 2.24. The van der Waals surface area contributed by atoms with Crippen molar-refractivity contribution in [2.45, 2.75) is 32.4 Å². The van der Waals surface area contributed by atoms with Crippen molar-refractivity contribution in [3.63, 3.8) is 0 Å². The minimum absolute atomic E-state index is 0.0384. The van der Waals surface area contributed by atoms with E-state index in [1.165, 1.54) is 12.1 Å². The average molecular weight is 284 g/mol. The summed E-state index contributed by atoms with van der Waals surface area (Å²) in [6, 6.07) is 6.36. The quantitative estimate of drug-likeness (QED) is 0.893. The van der Waals surface area contributed by atoms with E-state index in [1.807, 2.05) is 6.92 Å². The molecule has 1 aromatic carbocycles. The Bertz CT molecular complexity index is 468. The number of hydrogen-bond acceptors (Lipinski definition) is 3. The normalized spacial score (nSPS) is 22.6. The molecule has 0 aromatic heterocycles. The number of anilines is 1. The van der Waals surface area contributed by atoms with Crippen LogP contribution in [0.15, 0.2) is 24.3 Å². The molecule has 1 aromatic rings. The molecular weight excluding hydrogens is 266 g/mol. The maximum atomic E-state index is 12.1. The number of carbonyl (C=O) groups is 1. The van der Waals surface area contributed by atoms with Gasteiger partial charge in [-0.3, -0.25) is 4.79 Å². The van der Waals surface area contributed by atoms with Crippen molar-refractivity contribution in [3.05, 3.63) is 24.3 Å². The summed E-state index contributed by atoms with van der Waals surface area (Å²) in [5, 5.41) is 6.03. The van der Waals surface area contributed by atoms with Crippen LogP contribution in [0.4, 0.5) is 14.5 Å². The first-order valence-corrected chi connectivity index (χ1v) is 6.63. The van der Waals surface area contributed by atoms with Gasteiger partial charge in [-0.25, -0.2) is 0 Å². The van der Waals surface area contributed by atoms with E-state index >= 15 is 0 Å². The van der Waals surface area contributed by atoms with Crippen molar-refractivity contribution in [3.8, 4) is 5.75 Å². The Kier molecular flexibility index (Phi) is 4.89. The van der Waals surface area contributed by atoms with Gasteiger partial charge in [-0.15, -0.1) is 0 Å². The van der Waals surface area contributed by atoms with E-state index in [1.54, 1.807) is 12.1 Å². The summed E-state index contributed by atoms with van der Waals surface area (Å²) in [5.74, 6) is -0.0880. The van der Waals surface area contributed by atoms with E-state index in [0.29, 0.717) is 11.7 Å². The maximum Gasteiger partial charge on any atom is 0.387 e. The number of alkyl halides is 2. The average Bonchev–Trinajstić information content (AvgIpc) is 2.38. The Hall–Kier alpha value is -1.69. The second-order valence-electron chi connectivity index (χ2n) is 4.97. The lowest BCUT2D eigenvalue weighted by atomic mass is 9.92. The van der Waals surface area contributed by atoms with Crippen LogP contribution in [-0.2, 0) is 4.79 Å². The van der Waals surface area contributed by atoms with E-state index in [-0.39, 0.29) is 17.6 Å². The van der Waals surface area contributed by atoms with Gasteiger partial charge in [-0.05, 0) is 38.4 Å². The van der Waals surface area contributed by atoms with Crippen LogP contribution in [0.3, 0.4) is 0 Å². The minimum atomic E-state index is -2.87. The molecule has 6 heteroatoms. The molecule has 2 N–H and O–H groups in total. The highest BCUT2D eigenvalue weighted by molar-refractivity contribution is 5.92. The number of ether oxygens (including phenoxy) is 1. The summed E-state index contributed by atoms with van der Waals surface area (Å²) < 4.78 is 28.6. The van der Waals surface area contributed by atoms with Gasteiger partial charge >= 0.3 is 6.61 Å². The van der Waals surface area contributed by atoms with Crippen molar-refractivity contribution in [1.29, 1.82) is 0 Å². The molecule has 0 aliphatic carbocycles. The summed E-state index contributed by atoms with van der Waals surface area (Å²) in [4.78, 5) is 12.1. The second kappa shape index (κ2) is 6.65. The van der Waals surface area contributed by atoms with Crippen molar-refractivity contribution in [2.75, 3.05) is 11.9 Å². The molecule has 0 saturated carbocycles. The van der Waals surface area contributed by atoms with Gasteiger partial charge in [0.15, 0.2) is 0 Å². The van der Waals surface area contributed by atoms with Crippen LogP contribution in [0, 0.1) is 5.92 Å². The molecule has 0 spiro atoms. The molecule has 2 unspecified atom stereocenters. The monoisotopic (exact) mass is 284 g/mol. The molecule has 1 aliphatic rings. The van der Waals surface area contributed by atoms with E-state index in [0.717, 1.165) is 19.4 Å². The topological polar surface area (TPSA) is 50.4 Å². The number of amides is 1. The van der Waals surface area contributed by atoms with Crippen LogP contribution in [0.1, 0.15) is 19.8 Å². The number of benzene rings is 1. The molecule has 0 radical (unpaired) electrons. The first-order chi connectivity index (χ1) is 9.54.